The van der Waals surface area contributed by atoms with E-state index in [-0.39, 0.29) is 44.1 Å². The SMILES string of the molecule is O=C(Cc1ccc(Cl)cc1)N1CCN(C(=O)c2ccccc2C(F)(F)F)CC1. The van der Waals surface area contributed by atoms with Gasteiger partial charge in [0, 0.05) is 31.2 Å². The number of carbonyl (C=O) groups is 2. The van der Waals surface area contributed by atoms with Crippen LogP contribution in [0.4, 0.5) is 13.2 Å². The molecular formula is C20H18ClF3N2O2. The molecule has 1 aliphatic heterocycles. The van der Waals surface area contributed by atoms with Gasteiger partial charge in [-0.05, 0) is 29.8 Å². The van der Waals surface area contributed by atoms with E-state index in [1.807, 2.05) is 0 Å². The Kier molecular flexibility index (Phi) is 5.93. The molecule has 0 aliphatic carbocycles. The number of halogens is 4. The molecule has 1 saturated heterocycles. The van der Waals surface area contributed by atoms with Crippen LogP contribution in [0.3, 0.4) is 0 Å². The van der Waals surface area contributed by atoms with Crippen molar-refractivity contribution in [2.45, 2.75) is 12.6 Å². The summed E-state index contributed by atoms with van der Waals surface area (Å²) >= 11 is 5.83. The second-order valence-electron chi connectivity index (χ2n) is 6.52. The van der Waals surface area contributed by atoms with Gasteiger partial charge >= 0.3 is 6.18 Å². The van der Waals surface area contributed by atoms with Crippen LogP contribution in [0.1, 0.15) is 21.5 Å². The predicted octanol–water partition coefficient (Wildman–Crippen LogP) is 3.89. The minimum Gasteiger partial charge on any atom is -0.339 e. The standard InChI is InChI=1S/C20H18ClF3N2O2/c21-15-7-5-14(6-8-15)13-18(27)25-9-11-26(12-10-25)19(28)16-3-1-2-4-17(16)20(22,23)24/h1-8H,9-13H2. The normalized spacial score (nSPS) is 14.9. The number of rotatable bonds is 3. The molecule has 8 heteroatoms. The van der Waals surface area contributed by atoms with Gasteiger partial charge in [0.05, 0.1) is 17.5 Å². The smallest absolute Gasteiger partial charge is 0.339 e. The maximum atomic E-state index is 13.1. The Morgan fingerprint density at radius 2 is 1.46 bits per heavy atom. The third-order valence-corrected chi connectivity index (χ3v) is 4.90. The summed E-state index contributed by atoms with van der Waals surface area (Å²) in [4.78, 5) is 28.0. The number of hydrogen-bond acceptors (Lipinski definition) is 2. The molecule has 0 unspecified atom stereocenters. The Labute approximate surface area is 165 Å². The molecule has 28 heavy (non-hydrogen) atoms. The van der Waals surface area contributed by atoms with Crippen LogP contribution in [0.2, 0.25) is 5.02 Å². The highest BCUT2D eigenvalue weighted by atomic mass is 35.5. The summed E-state index contributed by atoms with van der Waals surface area (Å²) in [6.07, 6.45) is -4.38. The van der Waals surface area contributed by atoms with E-state index in [1.165, 1.54) is 23.1 Å². The number of hydrogen-bond donors (Lipinski definition) is 0. The Hall–Kier alpha value is -2.54. The lowest BCUT2D eigenvalue weighted by molar-refractivity contribution is -0.138. The highest BCUT2D eigenvalue weighted by molar-refractivity contribution is 6.30. The fourth-order valence-corrected chi connectivity index (χ4v) is 3.26. The van der Waals surface area contributed by atoms with Crippen LogP contribution in [0.15, 0.2) is 48.5 Å². The van der Waals surface area contributed by atoms with Crippen LogP contribution in [0.25, 0.3) is 0 Å². The van der Waals surface area contributed by atoms with Crippen molar-refractivity contribution in [1.82, 2.24) is 9.80 Å². The molecule has 0 atom stereocenters. The lowest BCUT2D eigenvalue weighted by Crippen LogP contribution is -2.51. The molecule has 0 spiro atoms. The van der Waals surface area contributed by atoms with E-state index in [2.05, 4.69) is 0 Å². The van der Waals surface area contributed by atoms with Crippen molar-refractivity contribution in [2.75, 3.05) is 26.2 Å². The van der Waals surface area contributed by atoms with Crippen molar-refractivity contribution in [3.05, 3.63) is 70.2 Å². The first kappa shape index (κ1) is 20.2. The van der Waals surface area contributed by atoms with Gasteiger partial charge in [0.25, 0.3) is 5.91 Å². The van der Waals surface area contributed by atoms with Crippen LogP contribution in [0.5, 0.6) is 0 Å². The van der Waals surface area contributed by atoms with E-state index in [1.54, 1.807) is 29.2 Å². The zero-order valence-electron chi connectivity index (χ0n) is 14.9. The molecule has 1 fully saturated rings. The molecule has 0 N–H and O–H groups in total. The van der Waals surface area contributed by atoms with Crippen molar-refractivity contribution in [3.8, 4) is 0 Å². The number of amides is 2. The van der Waals surface area contributed by atoms with Gasteiger partial charge in [-0.25, -0.2) is 0 Å². The molecule has 2 amide bonds. The number of nitrogens with zero attached hydrogens (tertiary/aromatic N) is 2. The van der Waals surface area contributed by atoms with Gasteiger partial charge in [-0.15, -0.1) is 0 Å². The number of piperazine rings is 1. The molecule has 2 aromatic rings. The number of carbonyl (C=O) groups excluding carboxylic acids is 2. The summed E-state index contributed by atoms with van der Waals surface area (Å²) in [6, 6.07) is 11.7. The van der Waals surface area contributed by atoms with Crippen LogP contribution < -0.4 is 0 Å². The molecule has 1 heterocycles. The van der Waals surface area contributed by atoms with E-state index < -0.39 is 17.6 Å². The Morgan fingerprint density at radius 3 is 2.07 bits per heavy atom. The summed E-state index contributed by atoms with van der Waals surface area (Å²) in [5.74, 6) is -0.761. The Balaban J connectivity index is 1.62. The highest BCUT2D eigenvalue weighted by Crippen LogP contribution is 2.32. The lowest BCUT2D eigenvalue weighted by Gasteiger charge is -2.35. The average molecular weight is 411 g/mol. The molecule has 0 bridgehead atoms. The molecule has 148 valence electrons. The maximum absolute atomic E-state index is 13.1. The minimum atomic E-state index is -4.59. The lowest BCUT2D eigenvalue weighted by atomic mass is 10.1. The van der Waals surface area contributed by atoms with Crippen LogP contribution in [-0.4, -0.2) is 47.8 Å². The van der Waals surface area contributed by atoms with E-state index in [4.69, 9.17) is 11.6 Å². The van der Waals surface area contributed by atoms with Gasteiger partial charge in [0.15, 0.2) is 0 Å². The molecular weight excluding hydrogens is 393 g/mol. The highest BCUT2D eigenvalue weighted by Gasteiger charge is 2.36. The summed E-state index contributed by atoms with van der Waals surface area (Å²) in [5, 5.41) is 0.586. The van der Waals surface area contributed by atoms with E-state index in [0.717, 1.165) is 11.6 Å². The third kappa shape index (κ3) is 4.65. The first-order valence-corrected chi connectivity index (χ1v) is 9.11. The zero-order valence-corrected chi connectivity index (χ0v) is 15.6. The average Bonchev–Trinajstić information content (AvgIpc) is 2.68. The second-order valence-corrected chi connectivity index (χ2v) is 6.96. The minimum absolute atomic E-state index is 0.0925. The van der Waals surface area contributed by atoms with Crippen LogP contribution >= 0.6 is 11.6 Å². The van der Waals surface area contributed by atoms with Gasteiger partial charge < -0.3 is 9.80 Å². The first-order chi connectivity index (χ1) is 13.3. The molecule has 0 saturated carbocycles. The Morgan fingerprint density at radius 1 is 0.893 bits per heavy atom. The third-order valence-electron chi connectivity index (χ3n) is 4.65. The first-order valence-electron chi connectivity index (χ1n) is 8.73. The number of alkyl halides is 3. The quantitative estimate of drug-likeness (QED) is 0.770. The van der Waals surface area contributed by atoms with Crippen molar-refractivity contribution in [2.24, 2.45) is 0 Å². The summed E-state index contributed by atoms with van der Waals surface area (Å²) < 4.78 is 39.4. The largest absolute Gasteiger partial charge is 0.417 e. The van der Waals surface area contributed by atoms with Crippen LogP contribution in [-0.2, 0) is 17.4 Å². The van der Waals surface area contributed by atoms with Crippen LogP contribution in [0, 0.1) is 0 Å². The fraction of sp³-hybridized carbons (Fsp3) is 0.300. The van der Waals surface area contributed by atoms with Crippen molar-refractivity contribution < 1.29 is 22.8 Å². The van der Waals surface area contributed by atoms with E-state index in [0.29, 0.717) is 5.02 Å². The molecule has 1 aliphatic rings. The van der Waals surface area contributed by atoms with Gasteiger partial charge in [-0.2, -0.15) is 13.2 Å². The monoisotopic (exact) mass is 410 g/mol. The number of benzene rings is 2. The molecule has 3 rings (SSSR count). The van der Waals surface area contributed by atoms with Crippen molar-refractivity contribution in [3.63, 3.8) is 0 Å². The molecule has 4 nitrogen and oxygen atoms in total. The summed E-state index contributed by atoms with van der Waals surface area (Å²) in [6.45, 7) is 0.952. The summed E-state index contributed by atoms with van der Waals surface area (Å²) in [5.41, 5.74) is -0.482. The topological polar surface area (TPSA) is 40.6 Å². The summed E-state index contributed by atoms with van der Waals surface area (Å²) in [7, 11) is 0. The molecule has 2 aromatic carbocycles. The van der Waals surface area contributed by atoms with E-state index >= 15 is 0 Å². The second kappa shape index (κ2) is 8.22. The predicted molar refractivity (Wildman–Crippen MR) is 99.1 cm³/mol. The molecule has 0 aromatic heterocycles. The van der Waals surface area contributed by atoms with Gasteiger partial charge in [0.2, 0.25) is 5.91 Å². The fourth-order valence-electron chi connectivity index (χ4n) is 3.13. The van der Waals surface area contributed by atoms with Gasteiger partial charge in [-0.3, -0.25) is 9.59 Å². The van der Waals surface area contributed by atoms with Gasteiger partial charge in [0.1, 0.15) is 0 Å². The molecule has 0 radical (unpaired) electrons. The van der Waals surface area contributed by atoms with Crippen molar-refractivity contribution in [1.29, 1.82) is 0 Å². The maximum Gasteiger partial charge on any atom is 0.417 e. The van der Waals surface area contributed by atoms with Crippen molar-refractivity contribution >= 4 is 23.4 Å². The Bertz CT molecular complexity index is 860. The zero-order chi connectivity index (χ0) is 20.3. The van der Waals surface area contributed by atoms with E-state index in [9.17, 15) is 22.8 Å². The van der Waals surface area contributed by atoms with Gasteiger partial charge in [-0.1, -0.05) is 35.9 Å².